The van der Waals surface area contributed by atoms with Gasteiger partial charge >= 0.3 is 5.97 Å². The van der Waals surface area contributed by atoms with Crippen molar-refractivity contribution in [1.82, 2.24) is 10.1 Å². The van der Waals surface area contributed by atoms with Gasteiger partial charge in [-0.05, 0) is 5.92 Å². The Balaban J connectivity index is 2.52. The predicted octanol–water partition coefficient (Wildman–Crippen LogP) is 1.97. The molecular formula is C10H16N2O3S. The lowest BCUT2D eigenvalue weighted by Gasteiger charge is -2.13. The van der Waals surface area contributed by atoms with Gasteiger partial charge in [-0.2, -0.15) is 4.98 Å². The number of hydrogen-bond acceptors (Lipinski definition) is 5. The van der Waals surface area contributed by atoms with E-state index in [0.29, 0.717) is 17.5 Å². The van der Waals surface area contributed by atoms with Crippen molar-refractivity contribution in [3.8, 4) is 0 Å². The number of aryl methyl sites for hydroxylation is 1. The van der Waals surface area contributed by atoms with E-state index in [9.17, 15) is 4.79 Å². The van der Waals surface area contributed by atoms with Gasteiger partial charge in [0.05, 0.1) is 5.75 Å². The van der Waals surface area contributed by atoms with Gasteiger partial charge in [-0.1, -0.05) is 25.9 Å². The van der Waals surface area contributed by atoms with Crippen molar-refractivity contribution >= 4 is 17.7 Å². The topological polar surface area (TPSA) is 76.2 Å². The highest BCUT2D eigenvalue weighted by molar-refractivity contribution is 7.99. The van der Waals surface area contributed by atoms with E-state index in [1.807, 2.05) is 20.8 Å². The summed E-state index contributed by atoms with van der Waals surface area (Å²) in [6, 6.07) is 0. The van der Waals surface area contributed by atoms with Crippen LogP contribution in [0.15, 0.2) is 4.52 Å². The monoisotopic (exact) mass is 244 g/mol. The molecule has 0 saturated heterocycles. The average Bonchev–Trinajstić information content (AvgIpc) is 2.65. The normalized spacial score (nSPS) is 13.0. The van der Waals surface area contributed by atoms with Crippen LogP contribution < -0.4 is 0 Å². The minimum Gasteiger partial charge on any atom is -0.480 e. The van der Waals surface area contributed by atoms with Gasteiger partial charge in [-0.3, -0.25) is 4.79 Å². The van der Waals surface area contributed by atoms with Crippen molar-refractivity contribution in [2.24, 2.45) is 5.92 Å². The van der Waals surface area contributed by atoms with Crippen LogP contribution in [0.25, 0.3) is 0 Å². The van der Waals surface area contributed by atoms with Crippen LogP contribution in [0.5, 0.6) is 0 Å². The van der Waals surface area contributed by atoms with E-state index in [2.05, 4.69) is 10.1 Å². The molecule has 5 nitrogen and oxygen atoms in total. The lowest BCUT2D eigenvalue weighted by atomic mass is 10.1. The van der Waals surface area contributed by atoms with E-state index in [4.69, 9.17) is 9.63 Å². The second-order valence-corrected chi connectivity index (χ2v) is 4.90. The first-order valence-corrected chi connectivity index (χ1v) is 6.25. The SMILES string of the molecule is CCc1noc(CSC(C(=O)O)C(C)C)n1. The molecule has 16 heavy (non-hydrogen) atoms. The van der Waals surface area contributed by atoms with E-state index < -0.39 is 11.2 Å². The van der Waals surface area contributed by atoms with Gasteiger partial charge in [-0.25, -0.2) is 0 Å². The Kier molecular flexibility index (Phi) is 4.79. The summed E-state index contributed by atoms with van der Waals surface area (Å²) >= 11 is 1.32. The summed E-state index contributed by atoms with van der Waals surface area (Å²) in [5.41, 5.74) is 0. The average molecular weight is 244 g/mol. The molecule has 1 N–H and O–H groups in total. The summed E-state index contributed by atoms with van der Waals surface area (Å²) in [4.78, 5) is 15.1. The fourth-order valence-electron chi connectivity index (χ4n) is 1.20. The Labute approximate surface area is 98.6 Å². The zero-order chi connectivity index (χ0) is 12.1. The zero-order valence-corrected chi connectivity index (χ0v) is 10.5. The molecule has 0 aliphatic heterocycles. The van der Waals surface area contributed by atoms with Crippen LogP contribution in [0.1, 0.15) is 32.5 Å². The van der Waals surface area contributed by atoms with E-state index in [-0.39, 0.29) is 5.92 Å². The molecular weight excluding hydrogens is 228 g/mol. The molecule has 0 spiro atoms. The summed E-state index contributed by atoms with van der Waals surface area (Å²) in [6.45, 7) is 5.71. The number of aliphatic carboxylic acids is 1. The first-order valence-electron chi connectivity index (χ1n) is 5.20. The standard InChI is InChI=1S/C10H16N2O3S/c1-4-7-11-8(15-12-7)5-16-9(6(2)3)10(13)14/h6,9H,4-5H2,1-3H3,(H,13,14). The number of rotatable bonds is 6. The number of aromatic nitrogens is 2. The Hall–Kier alpha value is -1.04. The molecule has 1 rings (SSSR count). The van der Waals surface area contributed by atoms with Crippen molar-refractivity contribution in [3.63, 3.8) is 0 Å². The van der Waals surface area contributed by atoms with Crippen LogP contribution in [-0.4, -0.2) is 26.5 Å². The third-order valence-corrected chi connectivity index (χ3v) is 3.58. The maximum atomic E-state index is 10.9. The minimum atomic E-state index is -0.796. The van der Waals surface area contributed by atoms with Crippen LogP contribution in [0, 0.1) is 5.92 Å². The second kappa shape index (κ2) is 5.89. The lowest BCUT2D eigenvalue weighted by molar-refractivity contribution is -0.137. The molecule has 90 valence electrons. The van der Waals surface area contributed by atoms with Gasteiger partial charge in [0.1, 0.15) is 5.25 Å². The van der Waals surface area contributed by atoms with Crippen molar-refractivity contribution in [3.05, 3.63) is 11.7 Å². The summed E-state index contributed by atoms with van der Waals surface area (Å²) < 4.78 is 4.99. The molecule has 0 bridgehead atoms. The number of carboxylic acid groups (broad SMARTS) is 1. The molecule has 1 unspecified atom stereocenters. The summed E-state index contributed by atoms with van der Waals surface area (Å²) in [6.07, 6.45) is 0.723. The smallest absolute Gasteiger partial charge is 0.316 e. The molecule has 0 aromatic carbocycles. The van der Waals surface area contributed by atoms with Crippen molar-refractivity contribution < 1.29 is 14.4 Å². The highest BCUT2D eigenvalue weighted by Gasteiger charge is 2.22. The maximum absolute atomic E-state index is 10.9. The molecule has 0 radical (unpaired) electrons. The fraction of sp³-hybridized carbons (Fsp3) is 0.700. The molecule has 0 aliphatic carbocycles. The summed E-state index contributed by atoms with van der Waals surface area (Å²) in [7, 11) is 0. The largest absolute Gasteiger partial charge is 0.480 e. The second-order valence-electron chi connectivity index (χ2n) is 3.77. The van der Waals surface area contributed by atoms with Gasteiger partial charge < -0.3 is 9.63 Å². The molecule has 0 saturated carbocycles. The van der Waals surface area contributed by atoms with Gasteiger partial charge in [0.25, 0.3) is 0 Å². The molecule has 1 aromatic heterocycles. The summed E-state index contributed by atoms with van der Waals surface area (Å²) in [5, 5.41) is 12.3. The molecule has 6 heteroatoms. The first kappa shape index (κ1) is 13.0. The number of carbonyl (C=O) groups is 1. The molecule has 1 aromatic rings. The van der Waals surface area contributed by atoms with Crippen molar-refractivity contribution in [2.45, 2.75) is 38.2 Å². The van der Waals surface area contributed by atoms with E-state index in [1.165, 1.54) is 11.8 Å². The van der Waals surface area contributed by atoms with Gasteiger partial charge in [-0.15, -0.1) is 11.8 Å². The Morgan fingerprint density at radius 3 is 2.69 bits per heavy atom. The predicted molar refractivity (Wildman–Crippen MR) is 61.2 cm³/mol. The van der Waals surface area contributed by atoms with Crippen molar-refractivity contribution in [1.29, 1.82) is 0 Å². The first-order chi connectivity index (χ1) is 7.54. The Morgan fingerprint density at radius 2 is 2.25 bits per heavy atom. The highest BCUT2D eigenvalue weighted by atomic mass is 32.2. The third kappa shape index (κ3) is 3.52. The molecule has 1 heterocycles. The van der Waals surface area contributed by atoms with Gasteiger partial charge in [0.15, 0.2) is 5.82 Å². The number of hydrogen-bond donors (Lipinski definition) is 1. The lowest BCUT2D eigenvalue weighted by Crippen LogP contribution is -2.22. The van der Waals surface area contributed by atoms with Crippen LogP contribution in [0.3, 0.4) is 0 Å². The van der Waals surface area contributed by atoms with Gasteiger partial charge in [0, 0.05) is 6.42 Å². The summed E-state index contributed by atoms with van der Waals surface area (Å²) in [5.74, 6) is 0.884. The van der Waals surface area contributed by atoms with Crippen LogP contribution in [-0.2, 0) is 17.0 Å². The van der Waals surface area contributed by atoms with Crippen LogP contribution in [0.4, 0.5) is 0 Å². The quantitative estimate of drug-likeness (QED) is 0.824. The van der Waals surface area contributed by atoms with E-state index >= 15 is 0 Å². The molecule has 0 fully saturated rings. The van der Waals surface area contributed by atoms with Crippen LogP contribution in [0.2, 0.25) is 0 Å². The zero-order valence-electron chi connectivity index (χ0n) is 9.64. The molecule has 1 atom stereocenters. The van der Waals surface area contributed by atoms with E-state index in [0.717, 1.165) is 6.42 Å². The number of carboxylic acids is 1. The fourth-order valence-corrected chi connectivity index (χ4v) is 2.17. The number of nitrogens with zero attached hydrogens (tertiary/aromatic N) is 2. The number of thioether (sulfide) groups is 1. The van der Waals surface area contributed by atoms with Crippen LogP contribution >= 0.6 is 11.8 Å². The molecule has 0 aliphatic rings. The Morgan fingerprint density at radius 1 is 1.56 bits per heavy atom. The highest BCUT2D eigenvalue weighted by Crippen LogP contribution is 2.23. The van der Waals surface area contributed by atoms with E-state index in [1.54, 1.807) is 0 Å². The minimum absolute atomic E-state index is 0.0797. The van der Waals surface area contributed by atoms with Gasteiger partial charge in [0.2, 0.25) is 5.89 Å². The van der Waals surface area contributed by atoms with Crippen molar-refractivity contribution in [2.75, 3.05) is 0 Å². The maximum Gasteiger partial charge on any atom is 0.316 e. The molecule has 0 amide bonds. The third-order valence-electron chi connectivity index (χ3n) is 2.06. The Bertz CT molecular complexity index is 352.